The molecule has 0 fully saturated rings. The molecule has 0 aliphatic rings. The number of rotatable bonds is 30. The van der Waals surface area contributed by atoms with Crippen molar-refractivity contribution < 1.29 is 20.1 Å². The number of carbonyl (C=O) groups is 1. The van der Waals surface area contributed by atoms with Gasteiger partial charge in [-0.3, -0.25) is 4.79 Å². The second kappa shape index (κ2) is 30.1. The molecule has 0 aliphatic carbocycles. The largest absolute Gasteiger partial charge is 0.394 e. The smallest absolute Gasteiger partial charge is 0.220 e. The topological polar surface area (TPSA) is 89.8 Å². The Morgan fingerprint density at radius 2 is 1.03 bits per heavy atom. The fourth-order valence-electron chi connectivity index (χ4n) is 5.15. The molecule has 3 unspecified atom stereocenters. The standard InChI is InChI=1S/C34H67NO4/c1-3-5-7-9-11-13-14-15-16-17-18-19-20-21-23-25-27-29-33(38)35-31(30-36)34(39)32(37)28-26-24-22-12-10-8-6-4-2/h15-16,31-32,34,36-37,39H,3-14,17-30H2,1-2H3,(H,35,38)/b16-15-. The summed E-state index contributed by atoms with van der Waals surface area (Å²) in [5.41, 5.74) is 0. The number of hydrogen-bond donors (Lipinski definition) is 4. The third-order valence-electron chi connectivity index (χ3n) is 7.87. The average molecular weight is 554 g/mol. The number of allylic oxidation sites excluding steroid dienone is 2. The zero-order valence-corrected chi connectivity index (χ0v) is 26.0. The van der Waals surface area contributed by atoms with Crippen LogP contribution < -0.4 is 5.32 Å². The van der Waals surface area contributed by atoms with Gasteiger partial charge in [-0.05, 0) is 38.5 Å². The van der Waals surface area contributed by atoms with Crippen LogP contribution in [0.5, 0.6) is 0 Å². The fourth-order valence-corrected chi connectivity index (χ4v) is 5.15. The van der Waals surface area contributed by atoms with E-state index >= 15 is 0 Å². The number of aliphatic hydroxyl groups excluding tert-OH is 3. The van der Waals surface area contributed by atoms with Crippen molar-refractivity contribution in [3.05, 3.63) is 12.2 Å². The zero-order valence-electron chi connectivity index (χ0n) is 26.0. The monoisotopic (exact) mass is 554 g/mol. The fraction of sp³-hybridized carbons (Fsp3) is 0.912. The van der Waals surface area contributed by atoms with Crippen molar-refractivity contribution in [2.24, 2.45) is 0 Å². The van der Waals surface area contributed by atoms with E-state index in [9.17, 15) is 20.1 Å². The summed E-state index contributed by atoms with van der Waals surface area (Å²) in [5.74, 6) is -0.153. The van der Waals surface area contributed by atoms with Crippen LogP contribution in [0.25, 0.3) is 0 Å². The highest BCUT2D eigenvalue weighted by atomic mass is 16.3. The van der Waals surface area contributed by atoms with Crippen LogP contribution in [0.1, 0.15) is 174 Å². The van der Waals surface area contributed by atoms with E-state index in [0.29, 0.717) is 12.8 Å². The molecule has 5 nitrogen and oxygen atoms in total. The molecule has 3 atom stereocenters. The van der Waals surface area contributed by atoms with Gasteiger partial charge in [0.15, 0.2) is 0 Å². The number of carbonyl (C=O) groups excluding carboxylic acids is 1. The van der Waals surface area contributed by atoms with Gasteiger partial charge in [-0.25, -0.2) is 0 Å². The van der Waals surface area contributed by atoms with Gasteiger partial charge in [-0.15, -0.1) is 0 Å². The van der Waals surface area contributed by atoms with Gasteiger partial charge in [0.1, 0.15) is 6.10 Å². The molecular weight excluding hydrogens is 486 g/mol. The van der Waals surface area contributed by atoms with E-state index in [1.54, 1.807) is 0 Å². The molecule has 0 saturated heterocycles. The predicted molar refractivity (Wildman–Crippen MR) is 167 cm³/mol. The molecule has 232 valence electrons. The third-order valence-corrected chi connectivity index (χ3v) is 7.87. The highest BCUT2D eigenvalue weighted by molar-refractivity contribution is 5.76. The molecule has 0 heterocycles. The van der Waals surface area contributed by atoms with Gasteiger partial charge in [-0.2, -0.15) is 0 Å². The van der Waals surface area contributed by atoms with Crippen LogP contribution in [0, 0.1) is 0 Å². The van der Waals surface area contributed by atoms with Gasteiger partial charge in [0.05, 0.1) is 18.8 Å². The van der Waals surface area contributed by atoms with Crippen LogP contribution in [-0.4, -0.2) is 46.1 Å². The van der Waals surface area contributed by atoms with E-state index in [1.165, 1.54) is 109 Å². The molecule has 0 rings (SSSR count). The Balaban J connectivity index is 3.68. The second-order valence-electron chi connectivity index (χ2n) is 11.7. The Bertz CT molecular complexity index is 539. The summed E-state index contributed by atoms with van der Waals surface area (Å²) in [6.45, 7) is 4.12. The molecule has 4 N–H and O–H groups in total. The third kappa shape index (κ3) is 25.8. The SMILES string of the molecule is CCCCCCCC/C=C\CCCCCCCCCC(=O)NC(CO)C(O)C(O)CCCCCCCCCC. The maximum absolute atomic E-state index is 12.3. The Hall–Kier alpha value is -0.910. The van der Waals surface area contributed by atoms with Gasteiger partial charge in [0.2, 0.25) is 5.91 Å². The van der Waals surface area contributed by atoms with Crippen LogP contribution >= 0.6 is 0 Å². The molecule has 0 saturated carbocycles. The summed E-state index contributed by atoms with van der Waals surface area (Å²) >= 11 is 0. The van der Waals surface area contributed by atoms with Gasteiger partial charge >= 0.3 is 0 Å². The van der Waals surface area contributed by atoms with Crippen molar-refractivity contribution in [2.45, 2.75) is 193 Å². The van der Waals surface area contributed by atoms with E-state index in [-0.39, 0.29) is 12.5 Å². The first-order chi connectivity index (χ1) is 19.1. The van der Waals surface area contributed by atoms with Crippen LogP contribution in [-0.2, 0) is 4.79 Å². The molecular formula is C34H67NO4. The van der Waals surface area contributed by atoms with E-state index in [4.69, 9.17) is 0 Å². The maximum atomic E-state index is 12.3. The lowest BCUT2D eigenvalue weighted by Crippen LogP contribution is -2.50. The molecule has 0 aliphatic heterocycles. The van der Waals surface area contributed by atoms with E-state index in [0.717, 1.165) is 38.5 Å². The summed E-state index contributed by atoms with van der Waals surface area (Å²) in [7, 11) is 0. The molecule has 39 heavy (non-hydrogen) atoms. The maximum Gasteiger partial charge on any atom is 0.220 e. The number of amides is 1. The Kier molecular flexibility index (Phi) is 29.4. The zero-order chi connectivity index (χ0) is 28.8. The number of hydrogen-bond acceptors (Lipinski definition) is 4. The molecule has 5 heteroatoms. The normalized spacial score (nSPS) is 14.1. The Labute approximate surface area is 242 Å². The van der Waals surface area contributed by atoms with Crippen molar-refractivity contribution in [3.8, 4) is 0 Å². The molecule has 0 aromatic heterocycles. The first kappa shape index (κ1) is 38.1. The van der Waals surface area contributed by atoms with Gasteiger partial charge < -0.3 is 20.6 Å². The van der Waals surface area contributed by atoms with Crippen molar-refractivity contribution in [3.63, 3.8) is 0 Å². The van der Waals surface area contributed by atoms with Gasteiger partial charge in [0.25, 0.3) is 0 Å². The summed E-state index contributed by atoms with van der Waals surface area (Å²) in [6.07, 6.45) is 31.6. The van der Waals surface area contributed by atoms with E-state index in [2.05, 4.69) is 31.3 Å². The lowest BCUT2D eigenvalue weighted by Gasteiger charge is -2.26. The number of unbranched alkanes of at least 4 members (excludes halogenated alkanes) is 20. The number of aliphatic hydroxyl groups is 3. The minimum absolute atomic E-state index is 0.153. The molecule has 0 aromatic rings. The van der Waals surface area contributed by atoms with Crippen molar-refractivity contribution in [1.29, 1.82) is 0 Å². The van der Waals surface area contributed by atoms with Crippen LogP contribution in [0.2, 0.25) is 0 Å². The van der Waals surface area contributed by atoms with E-state index in [1.807, 2.05) is 0 Å². The summed E-state index contributed by atoms with van der Waals surface area (Å²) in [4.78, 5) is 12.3. The summed E-state index contributed by atoms with van der Waals surface area (Å²) in [5, 5.41) is 33.1. The highest BCUT2D eigenvalue weighted by Gasteiger charge is 2.26. The van der Waals surface area contributed by atoms with Gasteiger partial charge in [-0.1, -0.05) is 142 Å². The molecule has 0 spiro atoms. The first-order valence-corrected chi connectivity index (χ1v) is 17.0. The van der Waals surface area contributed by atoms with E-state index < -0.39 is 18.2 Å². The Morgan fingerprint density at radius 3 is 1.49 bits per heavy atom. The summed E-state index contributed by atoms with van der Waals surface area (Å²) in [6, 6.07) is -0.804. The van der Waals surface area contributed by atoms with Crippen LogP contribution in [0.15, 0.2) is 12.2 Å². The first-order valence-electron chi connectivity index (χ1n) is 17.0. The minimum atomic E-state index is -1.13. The molecule has 0 radical (unpaired) electrons. The number of nitrogens with one attached hydrogen (secondary N) is 1. The predicted octanol–water partition coefficient (Wildman–Crippen LogP) is 8.53. The quantitative estimate of drug-likeness (QED) is 0.0530. The lowest BCUT2D eigenvalue weighted by atomic mass is 9.99. The molecule has 1 amide bonds. The molecule has 0 aromatic carbocycles. The minimum Gasteiger partial charge on any atom is -0.394 e. The highest BCUT2D eigenvalue weighted by Crippen LogP contribution is 2.14. The average Bonchev–Trinajstić information content (AvgIpc) is 2.94. The van der Waals surface area contributed by atoms with Crippen LogP contribution in [0.3, 0.4) is 0 Å². The summed E-state index contributed by atoms with van der Waals surface area (Å²) < 4.78 is 0. The van der Waals surface area contributed by atoms with Crippen molar-refractivity contribution in [2.75, 3.05) is 6.61 Å². The van der Waals surface area contributed by atoms with Crippen molar-refractivity contribution in [1.82, 2.24) is 5.32 Å². The lowest BCUT2D eigenvalue weighted by molar-refractivity contribution is -0.124. The van der Waals surface area contributed by atoms with Gasteiger partial charge in [0, 0.05) is 6.42 Å². The Morgan fingerprint density at radius 1 is 0.615 bits per heavy atom. The van der Waals surface area contributed by atoms with Crippen molar-refractivity contribution >= 4 is 5.91 Å². The molecule has 0 bridgehead atoms. The second-order valence-corrected chi connectivity index (χ2v) is 11.7. The van der Waals surface area contributed by atoms with Crippen LogP contribution in [0.4, 0.5) is 0 Å².